The standard InChI is InChI=1S/C19H24N2O2S/c1-13-12-24-19(20-13)16-7-9-17(10-8-16)23-11-18(22)21-14(2)5-4-6-15(21)3/h7-10,12,14-15H,4-6,11H2,1-3H3/t14-,15-/m0/s1. The van der Waals surface area contributed by atoms with Crippen molar-refractivity contribution in [1.29, 1.82) is 0 Å². The Bertz CT molecular complexity index is 686. The van der Waals surface area contributed by atoms with E-state index in [-0.39, 0.29) is 12.5 Å². The van der Waals surface area contributed by atoms with Crippen molar-refractivity contribution in [3.63, 3.8) is 0 Å². The zero-order valence-corrected chi connectivity index (χ0v) is 15.3. The third-order valence-electron chi connectivity index (χ3n) is 4.56. The van der Waals surface area contributed by atoms with Crippen LogP contribution in [0.15, 0.2) is 29.6 Å². The number of amides is 1. The molecule has 0 N–H and O–H groups in total. The zero-order chi connectivity index (χ0) is 17.1. The van der Waals surface area contributed by atoms with Crippen LogP contribution in [0.3, 0.4) is 0 Å². The van der Waals surface area contributed by atoms with Crippen LogP contribution in [0.5, 0.6) is 5.75 Å². The highest BCUT2D eigenvalue weighted by Gasteiger charge is 2.28. The minimum absolute atomic E-state index is 0.0781. The molecular formula is C19H24N2O2S. The summed E-state index contributed by atoms with van der Waals surface area (Å²) in [4.78, 5) is 18.9. The molecule has 0 saturated carbocycles. The van der Waals surface area contributed by atoms with Crippen molar-refractivity contribution >= 4 is 17.2 Å². The Morgan fingerprint density at radius 3 is 2.50 bits per heavy atom. The fourth-order valence-corrected chi connectivity index (χ4v) is 4.12. The highest BCUT2D eigenvalue weighted by Crippen LogP contribution is 2.26. The molecule has 0 bridgehead atoms. The Hall–Kier alpha value is -1.88. The summed E-state index contributed by atoms with van der Waals surface area (Å²) >= 11 is 1.63. The van der Waals surface area contributed by atoms with Crippen LogP contribution in [-0.4, -0.2) is 34.5 Å². The first-order valence-corrected chi connectivity index (χ1v) is 9.39. The molecule has 4 nitrogen and oxygen atoms in total. The van der Waals surface area contributed by atoms with E-state index in [9.17, 15) is 4.79 Å². The number of piperidine rings is 1. The van der Waals surface area contributed by atoms with Gasteiger partial charge in [0, 0.05) is 28.7 Å². The quantitative estimate of drug-likeness (QED) is 0.831. The van der Waals surface area contributed by atoms with E-state index in [0.717, 1.165) is 34.9 Å². The molecule has 1 aliphatic heterocycles. The molecule has 2 atom stereocenters. The molecule has 1 fully saturated rings. The third kappa shape index (κ3) is 3.78. The first-order chi connectivity index (χ1) is 11.5. The lowest BCUT2D eigenvalue weighted by atomic mass is 9.97. The van der Waals surface area contributed by atoms with E-state index >= 15 is 0 Å². The van der Waals surface area contributed by atoms with E-state index in [0.29, 0.717) is 12.1 Å². The van der Waals surface area contributed by atoms with Crippen LogP contribution in [0, 0.1) is 6.92 Å². The van der Waals surface area contributed by atoms with Crippen molar-refractivity contribution in [2.45, 2.75) is 52.1 Å². The van der Waals surface area contributed by atoms with Gasteiger partial charge in [-0.15, -0.1) is 11.3 Å². The van der Waals surface area contributed by atoms with Gasteiger partial charge in [-0.05, 0) is 64.3 Å². The molecule has 0 spiro atoms. The molecule has 0 unspecified atom stereocenters. The number of aryl methyl sites for hydroxylation is 1. The van der Waals surface area contributed by atoms with Crippen molar-refractivity contribution in [2.75, 3.05) is 6.61 Å². The van der Waals surface area contributed by atoms with Gasteiger partial charge in [0.15, 0.2) is 6.61 Å². The average Bonchev–Trinajstić information content (AvgIpc) is 3.00. The summed E-state index contributed by atoms with van der Waals surface area (Å²) in [7, 11) is 0. The van der Waals surface area contributed by atoms with Gasteiger partial charge in [0.1, 0.15) is 10.8 Å². The van der Waals surface area contributed by atoms with Gasteiger partial charge >= 0.3 is 0 Å². The van der Waals surface area contributed by atoms with Crippen LogP contribution >= 0.6 is 11.3 Å². The van der Waals surface area contributed by atoms with Gasteiger partial charge in [-0.1, -0.05) is 0 Å². The monoisotopic (exact) mass is 344 g/mol. The first-order valence-electron chi connectivity index (χ1n) is 8.51. The van der Waals surface area contributed by atoms with Gasteiger partial charge in [0.05, 0.1) is 0 Å². The molecule has 24 heavy (non-hydrogen) atoms. The van der Waals surface area contributed by atoms with E-state index in [1.165, 1.54) is 6.42 Å². The summed E-state index contributed by atoms with van der Waals surface area (Å²) in [5, 5.41) is 3.05. The Kier molecular flexibility index (Phi) is 5.19. The number of likely N-dealkylation sites (tertiary alicyclic amines) is 1. The van der Waals surface area contributed by atoms with Gasteiger partial charge in [0.2, 0.25) is 0 Å². The normalized spacial score (nSPS) is 20.9. The number of nitrogens with zero attached hydrogens (tertiary/aromatic N) is 2. The molecule has 3 rings (SSSR count). The topological polar surface area (TPSA) is 42.4 Å². The number of hydrogen-bond acceptors (Lipinski definition) is 4. The van der Waals surface area contributed by atoms with E-state index in [1.807, 2.05) is 41.5 Å². The minimum atomic E-state index is 0.0781. The Balaban J connectivity index is 1.59. The van der Waals surface area contributed by atoms with Crippen molar-refractivity contribution < 1.29 is 9.53 Å². The number of benzene rings is 1. The third-order valence-corrected chi connectivity index (χ3v) is 5.57. The maximum absolute atomic E-state index is 12.5. The second kappa shape index (κ2) is 7.34. The fraction of sp³-hybridized carbons (Fsp3) is 0.474. The largest absolute Gasteiger partial charge is 0.484 e. The van der Waals surface area contributed by atoms with Gasteiger partial charge in [-0.3, -0.25) is 4.79 Å². The van der Waals surface area contributed by atoms with Crippen LogP contribution in [0.4, 0.5) is 0 Å². The van der Waals surface area contributed by atoms with Crippen LogP contribution in [0.2, 0.25) is 0 Å². The van der Waals surface area contributed by atoms with Crippen LogP contribution in [-0.2, 0) is 4.79 Å². The summed E-state index contributed by atoms with van der Waals surface area (Å²) in [6, 6.07) is 8.40. The summed E-state index contributed by atoms with van der Waals surface area (Å²) in [5.74, 6) is 0.798. The molecule has 1 aliphatic rings. The Labute approximate surface area is 147 Å². The highest BCUT2D eigenvalue weighted by molar-refractivity contribution is 7.13. The summed E-state index contributed by atoms with van der Waals surface area (Å²) in [6.07, 6.45) is 3.36. The molecule has 1 amide bonds. The lowest BCUT2D eigenvalue weighted by molar-refractivity contribution is -0.139. The number of aromatic nitrogens is 1. The maximum atomic E-state index is 12.5. The van der Waals surface area contributed by atoms with Crippen LogP contribution in [0.1, 0.15) is 38.8 Å². The molecule has 0 radical (unpaired) electrons. The average molecular weight is 344 g/mol. The van der Waals surface area contributed by atoms with Gasteiger partial charge in [0.25, 0.3) is 5.91 Å². The molecule has 2 heterocycles. The molecule has 0 aliphatic carbocycles. The number of carbonyl (C=O) groups excluding carboxylic acids is 1. The molecule has 1 saturated heterocycles. The summed E-state index contributed by atoms with van der Waals surface area (Å²) in [6.45, 7) is 6.34. The Morgan fingerprint density at radius 2 is 1.92 bits per heavy atom. The molecular weight excluding hydrogens is 320 g/mol. The Morgan fingerprint density at radius 1 is 1.25 bits per heavy atom. The maximum Gasteiger partial charge on any atom is 0.260 e. The molecule has 1 aromatic carbocycles. The summed E-state index contributed by atoms with van der Waals surface area (Å²) < 4.78 is 5.71. The molecule has 1 aromatic heterocycles. The van der Waals surface area contributed by atoms with Crippen molar-refractivity contribution in [3.05, 3.63) is 35.3 Å². The van der Waals surface area contributed by atoms with Crippen LogP contribution in [0.25, 0.3) is 10.6 Å². The van der Waals surface area contributed by atoms with E-state index < -0.39 is 0 Å². The number of hydrogen-bond donors (Lipinski definition) is 0. The predicted octanol–water partition coefficient (Wildman–Crippen LogP) is 4.29. The summed E-state index contributed by atoms with van der Waals surface area (Å²) in [5.41, 5.74) is 2.11. The molecule has 5 heteroatoms. The van der Waals surface area contributed by atoms with Gasteiger partial charge in [-0.2, -0.15) is 0 Å². The SMILES string of the molecule is Cc1csc(-c2ccc(OCC(=O)N3[C@@H](C)CCC[C@@H]3C)cc2)n1. The van der Waals surface area contributed by atoms with Crippen molar-refractivity contribution in [2.24, 2.45) is 0 Å². The fourth-order valence-electron chi connectivity index (χ4n) is 3.31. The first kappa shape index (κ1) is 17.0. The smallest absolute Gasteiger partial charge is 0.260 e. The van der Waals surface area contributed by atoms with E-state index in [2.05, 4.69) is 18.8 Å². The number of carbonyl (C=O) groups is 1. The molecule has 128 valence electrons. The minimum Gasteiger partial charge on any atom is -0.484 e. The van der Waals surface area contributed by atoms with Gasteiger partial charge < -0.3 is 9.64 Å². The second-order valence-corrected chi connectivity index (χ2v) is 7.40. The van der Waals surface area contributed by atoms with E-state index in [4.69, 9.17) is 4.74 Å². The number of thiazole rings is 1. The predicted molar refractivity (Wildman–Crippen MR) is 97.4 cm³/mol. The molecule has 2 aromatic rings. The van der Waals surface area contributed by atoms with Crippen molar-refractivity contribution in [3.8, 4) is 16.3 Å². The van der Waals surface area contributed by atoms with Crippen LogP contribution < -0.4 is 4.74 Å². The zero-order valence-electron chi connectivity index (χ0n) is 14.5. The number of ether oxygens (including phenoxy) is 1. The van der Waals surface area contributed by atoms with Gasteiger partial charge in [-0.25, -0.2) is 4.98 Å². The van der Waals surface area contributed by atoms with Crippen molar-refractivity contribution in [1.82, 2.24) is 9.88 Å². The number of rotatable bonds is 4. The van der Waals surface area contributed by atoms with E-state index in [1.54, 1.807) is 11.3 Å². The highest BCUT2D eigenvalue weighted by atomic mass is 32.1. The lowest BCUT2D eigenvalue weighted by Crippen LogP contribution is -2.49. The lowest BCUT2D eigenvalue weighted by Gasteiger charge is -2.38. The second-order valence-electron chi connectivity index (χ2n) is 6.54.